The third-order valence-electron chi connectivity index (χ3n) is 2.35. The number of hydrogen-bond acceptors (Lipinski definition) is 2. The molecule has 2 atom stereocenters. The second kappa shape index (κ2) is 5.35. The first-order valence-electron chi connectivity index (χ1n) is 5.00. The van der Waals surface area contributed by atoms with Crippen LogP contribution in [0.4, 0.5) is 0 Å². The molecule has 15 heavy (non-hydrogen) atoms. The molecule has 0 amide bonds. The zero-order valence-electron chi connectivity index (χ0n) is 9.14. The number of esters is 1. The molecule has 1 aromatic carbocycles. The van der Waals surface area contributed by atoms with Gasteiger partial charge in [-0.15, -0.1) is 0 Å². The predicted molar refractivity (Wildman–Crippen MR) is 60.6 cm³/mol. The zero-order chi connectivity index (χ0) is 11.3. The summed E-state index contributed by atoms with van der Waals surface area (Å²) in [4.78, 5) is 10.9. The number of carbonyl (C=O) groups excluding carboxylic acids is 1. The molecule has 1 rings (SSSR count). The van der Waals surface area contributed by atoms with Gasteiger partial charge < -0.3 is 4.74 Å². The summed E-state index contributed by atoms with van der Waals surface area (Å²) in [7, 11) is 0. The van der Waals surface area contributed by atoms with Crippen molar-refractivity contribution in [3.8, 4) is 0 Å². The van der Waals surface area contributed by atoms with Crippen LogP contribution in [0.15, 0.2) is 43.0 Å². The van der Waals surface area contributed by atoms with E-state index in [4.69, 9.17) is 4.74 Å². The average molecular weight is 204 g/mol. The summed E-state index contributed by atoms with van der Waals surface area (Å²) in [5.41, 5.74) is 1.14. The summed E-state index contributed by atoms with van der Waals surface area (Å²) in [6.07, 6.45) is 1.41. The lowest BCUT2D eigenvalue weighted by molar-refractivity contribution is -0.144. The van der Waals surface area contributed by atoms with Crippen LogP contribution < -0.4 is 0 Å². The molecular weight excluding hydrogens is 188 g/mol. The predicted octanol–water partition coefficient (Wildman–Crippen LogP) is 2.91. The summed E-state index contributed by atoms with van der Waals surface area (Å²) in [5, 5.41) is 0. The van der Waals surface area contributed by atoms with E-state index >= 15 is 0 Å². The van der Waals surface area contributed by atoms with Crippen molar-refractivity contribution in [2.45, 2.75) is 25.9 Å². The second-order valence-electron chi connectivity index (χ2n) is 3.51. The Morgan fingerprint density at radius 2 is 2.00 bits per heavy atom. The number of ether oxygens (including phenoxy) is 1. The van der Waals surface area contributed by atoms with Crippen LogP contribution >= 0.6 is 0 Å². The van der Waals surface area contributed by atoms with Gasteiger partial charge in [0.1, 0.15) is 6.10 Å². The first-order chi connectivity index (χ1) is 7.15. The van der Waals surface area contributed by atoms with E-state index in [1.807, 2.05) is 37.3 Å². The number of carbonyl (C=O) groups is 1. The maximum absolute atomic E-state index is 10.9. The summed E-state index contributed by atoms with van der Waals surface area (Å²) >= 11 is 0. The Morgan fingerprint density at radius 3 is 2.47 bits per heavy atom. The maximum atomic E-state index is 10.9. The topological polar surface area (TPSA) is 26.3 Å². The Bertz CT molecular complexity index is 330. The largest absolute Gasteiger partial charge is 0.458 e. The Labute approximate surface area is 90.6 Å². The maximum Gasteiger partial charge on any atom is 0.303 e. The van der Waals surface area contributed by atoms with Gasteiger partial charge in [-0.25, -0.2) is 0 Å². The van der Waals surface area contributed by atoms with Crippen LogP contribution in [-0.4, -0.2) is 12.1 Å². The van der Waals surface area contributed by atoms with Crippen molar-refractivity contribution in [3.63, 3.8) is 0 Å². The lowest BCUT2D eigenvalue weighted by Gasteiger charge is -2.20. The normalized spacial score (nSPS) is 14.0. The van der Waals surface area contributed by atoms with Gasteiger partial charge in [0, 0.05) is 12.8 Å². The number of benzene rings is 1. The van der Waals surface area contributed by atoms with Crippen molar-refractivity contribution < 1.29 is 9.53 Å². The Hall–Kier alpha value is -1.57. The van der Waals surface area contributed by atoms with Crippen LogP contribution in [0.5, 0.6) is 0 Å². The molecule has 80 valence electrons. The van der Waals surface area contributed by atoms with Gasteiger partial charge in [0.25, 0.3) is 0 Å². The molecule has 2 heteroatoms. The van der Waals surface area contributed by atoms with Crippen molar-refractivity contribution >= 4 is 5.97 Å². The number of rotatable bonds is 4. The van der Waals surface area contributed by atoms with Gasteiger partial charge in [0.05, 0.1) is 0 Å². The highest BCUT2D eigenvalue weighted by Crippen LogP contribution is 2.21. The van der Waals surface area contributed by atoms with Gasteiger partial charge in [0.15, 0.2) is 0 Å². The standard InChI is InChI=1S/C13H16O2/c1-4-13(15-11(3)14)10(2)12-8-6-5-7-9-12/h4-10,13H,1H2,2-3H3/t10-,13+/m1/s1. The molecule has 0 aliphatic heterocycles. The molecule has 0 spiro atoms. The third-order valence-corrected chi connectivity index (χ3v) is 2.35. The van der Waals surface area contributed by atoms with Gasteiger partial charge in [-0.1, -0.05) is 49.9 Å². The van der Waals surface area contributed by atoms with Gasteiger partial charge in [-0.3, -0.25) is 4.79 Å². The first-order valence-corrected chi connectivity index (χ1v) is 5.00. The highest BCUT2D eigenvalue weighted by molar-refractivity contribution is 5.66. The minimum atomic E-state index is -0.275. The van der Waals surface area contributed by atoms with Crippen molar-refractivity contribution in [3.05, 3.63) is 48.6 Å². The summed E-state index contributed by atoms with van der Waals surface area (Å²) < 4.78 is 5.16. The van der Waals surface area contributed by atoms with E-state index < -0.39 is 0 Å². The van der Waals surface area contributed by atoms with Crippen LogP contribution in [0.1, 0.15) is 25.3 Å². The van der Waals surface area contributed by atoms with Gasteiger partial charge in [-0.05, 0) is 5.56 Å². The lowest BCUT2D eigenvalue weighted by atomic mass is 9.95. The van der Waals surface area contributed by atoms with E-state index in [2.05, 4.69) is 6.58 Å². The summed E-state index contributed by atoms with van der Waals surface area (Å²) in [6, 6.07) is 9.94. The van der Waals surface area contributed by atoms with Gasteiger partial charge >= 0.3 is 5.97 Å². The van der Waals surface area contributed by atoms with Gasteiger partial charge in [-0.2, -0.15) is 0 Å². The minimum Gasteiger partial charge on any atom is -0.458 e. The smallest absolute Gasteiger partial charge is 0.303 e. The molecule has 2 nitrogen and oxygen atoms in total. The second-order valence-corrected chi connectivity index (χ2v) is 3.51. The summed E-state index contributed by atoms with van der Waals surface area (Å²) in [5.74, 6) is -0.143. The molecule has 0 unspecified atom stereocenters. The van der Waals surface area contributed by atoms with Crippen LogP contribution in [0.25, 0.3) is 0 Å². The molecule has 0 fully saturated rings. The van der Waals surface area contributed by atoms with E-state index in [1.165, 1.54) is 6.92 Å². The molecule has 0 N–H and O–H groups in total. The lowest BCUT2D eigenvalue weighted by Crippen LogP contribution is -2.20. The molecule has 0 heterocycles. The fourth-order valence-electron chi connectivity index (χ4n) is 1.49. The Kier molecular flexibility index (Phi) is 4.10. The van der Waals surface area contributed by atoms with Crippen LogP contribution in [0.2, 0.25) is 0 Å². The summed E-state index contributed by atoms with van der Waals surface area (Å²) in [6.45, 7) is 7.11. The molecule has 0 aromatic heterocycles. The van der Waals surface area contributed by atoms with E-state index in [1.54, 1.807) is 6.08 Å². The molecule has 0 bridgehead atoms. The van der Waals surface area contributed by atoms with Crippen molar-refractivity contribution in [1.82, 2.24) is 0 Å². The highest BCUT2D eigenvalue weighted by atomic mass is 16.5. The molecular formula is C13H16O2. The Morgan fingerprint density at radius 1 is 1.40 bits per heavy atom. The van der Waals surface area contributed by atoms with Crippen LogP contribution in [0, 0.1) is 0 Å². The monoisotopic (exact) mass is 204 g/mol. The van der Waals surface area contributed by atoms with E-state index in [0.29, 0.717) is 0 Å². The van der Waals surface area contributed by atoms with E-state index in [-0.39, 0.29) is 18.0 Å². The quantitative estimate of drug-likeness (QED) is 0.557. The molecule has 0 aliphatic carbocycles. The zero-order valence-corrected chi connectivity index (χ0v) is 9.14. The van der Waals surface area contributed by atoms with Crippen LogP contribution in [-0.2, 0) is 9.53 Å². The SMILES string of the molecule is C=C[C@H](OC(C)=O)[C@H](C)c1ccccc1. The van der Waals surface area contributed by atoms with Crippen molar-refractivity contribution in [1.29, 1.82) is 0 Å². The highest BCUT2D eigenvalue weighted by Gasteiger charge is 2.18. The number of hydrogen-bond donors (Lipinski definition) is 0. The average Bonchev–Trinajstić information content (AvgIpc) is 2.26. The molecule has 1 aromatic rings. The van der Waals surface area contributed by atoms with E-state index in [9.17, 15) is 4.79 Å². The van der Waals surface area contributed by atoms with Crippen LogP contribution in [0.3, 0.4) is 0 Å². The van der Waals surface area contributed by atoms with Crippen molar-refractivity contribution in [2.75, 3.05) is 0 Å². The fourth-order valence-corrected chi connectivity index (χ4v) is 1.49. The fraction of sp³-hybridized carbons (Fsp3) is 0.308. The molecule has 0 radical (unpaired) electrons. The minimum absolute atomic E-state index is 0.132. The van der Waals surface area contributed by atoms with E-state index in [0.717, 1.165) is 5.56 Å². The first kappa shape index (κ1) is 11.5. The van der Waals surface area contributed by atoms with Gasteiger partial charge in [0.2, 0.25) is 0 Å². The Balaban J connectivity index is 2.77. The van der Waals surface area contributed by atoms with Crippen molar-refractivity contribution in [2.24, 2.45) is 0 Å². The molecule has 0 saturated carbocycles. The molecule has 0 saturated heterocycles. The molecule has 0 aliphatic rings. The third kappa shape index (κ3) is 3.24.